The second-order valence-electron chi connectivity index (χ2n) is 7.12. The summed E-state index contributed by atoms with van der Waals surface area (Å²) in [6.07, 6.45) is 0.0560. The zero-order chi connectivity index (χ0) is 23.4. The predicted molar refractivity (Wildman–Crippen MR) is 129 cm³/mol. The van der Waals surface area contributed by atoms with Gasteiger partial charge in [-0.2, -0.15) is 0 Å². The highest BCUT2D eigenvalue weighted by atomic mass is 35.5. The van der Waals surface area contributed by atoms with Gasteiger partial charge in [0.05, 0.1) is 40.9 Å². The first kappa shape index (κ1) is 22.8. The summed E-state index contributed by atoms with van der Waals surface area (Å²) in [5.74, 6) is 2.22. The van der Waals surface area contributed by atoms with Crippen LogP contribution in [-0.4, -0.2) is 36.8 Å². The molecule has 170 valence electrons. The average molecular weight is 486 g/mol. The quantitative estimate of drug-likeness (QED) is 0.341. The van der Waals surface area contributed by atoms with Gasteiger partial charge in [0.25, 0.3) is 0 Å². The molecule has 0 radical (unpaired) electrons. The van der Waals surface area contributed by atoms with Crippen LogP contribution >= 0.6 is 23.2 Å². The number of rotatable bonds is 7. The highest BCUT2D eigenvalue weighted by molar-refractivity contribution is 6.39. The SMILES string of the molecule is COc1ccc(CCNC(=O)Oc2ccc3nc(-c4c(Cl)cccc4Cl)[nH]c3c2)cc1OC. The van der Waals surface area contributed by atoms with E-state index in [2.05, 4.69) is 15.3 Å². The Balaban J connectivity index is 1.39. The summed E-state index contributed by atoms with van der Waals surface area (Å²) in [5.41, 5.74) is 3.00. The van der Waals surface area contributed by atoms with Gasteiger partial charge in [0.2, 0.25) is 0 Å². The highest BCUT2D eigenvalue weighted by Gasteiger charge is 2.14. The molecule has 0 fully saturated rings. The van der Waals surface area contributed by atoms with Crippen LogP contribution in [-0.2, 0) is 6.42 Å². The van der Waals surface area contributed by atoms with E-state index in [1.54, 1.807) is 50.6 Å². The van der Waals surface area contributed by atoms with Gasteiger partial charge in [0.15, 0.2) is 11.5 Å². The molecule has 4 rings (SSSR count). The molecule has 0 bridgehead atoms. The Kier molecular flexibility index (Phi) is 6.91. The lowest BCUT2D eigenvalue weighted by Gasteiger charge is -2.10. The van der Waals surface area contributed by atoms with Gasteiger partial charge in [-0.05, 0) is 48.4 Å². The van der Waals surface area contributed by atoms with E-state index in [9.17, 15) is 4.79 Å². The number of H-pyrrole nitrogens is 1. The number of hydrogen-bond donors (Lipinski definition) is 2. The smallest absolute Gasteiger partial charge is 0.412 e. The first-order chi connectivity index (χ1) is 16.0. The molecule has 1 heterocycles. The summed E-state index contributed by atoms with van der Waals surface area (Å²) < 4.78 is 15.9. The molecular weight excluding hydrogens is 465 g/mol. The van der Waals surface area contributed by atoms with E-state index >= 15 is 0 Å². The second kappa shape index (κ2) is 10.0. The fraction of sp³-hybridized carbons (Fsp3) is 0.167. The number of aromatic nitrogens is 2. The Labute approximate surface area is 200 Å². The Bertz CT molecular complexity index is 1290. The lowest BCUT2D eigenvalue weighted by molar-refractivity contribution is 0.200. The monoisotopic (exact) mass is 485 g/mol. The van der Waals surface area contributed by atoms with Crippen molar-refractivity contribution >= 4 is 40.3 Å². The number of fused-ring (bicyclic) bond motifs is 1. The molecule has 0 aliphatic carbocycles. The maximum Gasteiger partial charge on any atom is 0.412 e. The van der Waals surface area contributed by atoms with Crippen LogP contribution in [0.2, 0.25) is 10.0 Å². The molecule has 3 aromatic carbocycles. The second-order valence-corrected chi connectivity index (χ2v) is 7.93. The normalized spacial score (nSPS) is 10.8. The van der Waals surface area contributed by atoms with Crippen LogP contribution in [0.4, 0.5) is 4.79 Å². The molecule has 0 aliphatic heterocycles. The minimum absolute atomic E-state index is 0.381. The summed E-state index contributed by atoms with van der Waals surface area (Å²) in [5, 5.41) is 3.73. The van der Waals surface area contributed by atoms with Crippen molar-refractivity contribution < 1.29 is 19.0 Å². The largest absolute Gasteiger partial charge is 0.493 e. The number of imidazole rings is 1. The molecule has 0 saturated carbocycles. The lowest BCUT2D eigenvalue weighted by Crippen LogP contribution is -2.28. The van der Waals surface area contributed by atoms with Gasteiger partial charge in [0.1, 0.15) is 11.6 Å². The van der Waals surface area contributed by atoms with Crippen LogP contribution in [0.3, 0.4) is 0 Å². The van der Waals surface area contributed by atoms with Gasteiger partial charge in [-0.3, -0.25) is 0 Å². The number of benzene rings is 3. The molecule has 0 atom stereocenters. The highest BCUT2D eigenvalue weighted by Crippen LogP contribution is 2.34. The molecule has 1 amide bonds. The number of halogens is 2. The molecule has 7 nitrogen and oxygen atoms in total. The molecule has 0 saturated heterocycles. The third kappa shape index (κ3) is 5.16. The molecule has 0 spiro atoms. The summed E-state index contributed by atoms with van der Waals surface area (Å²) in [7, 11) is 3.17. The molecular formula is C24H21Cl2N3O4. The van der Waals surface area contributed by atoms with Crippen LogP contribution in [0, 0.1) is 0 Å². The number of ether oxygens (including phenoxy) is 3. The first-order valence-electron chi connectivity index (χ1n) is 10.1. The van der Waals surface area contributed by atoms with Crippen molar-refractivity contribution in [3.05, 3.63) is 70.2 Å². The maximum atomic E-state index is 12.2. The minimum atomic E-state index is -0.552. The van der Waals surface area contributed by atoms with Crippen LogP contribution in [0.5, 0.6) is 17.2 Å². The molecule has 0 aliphatic rings. The Hall–Kier alpha value is -3.42. The van der Waals surface area contributed by atoms with Gasteiger partial charge >= 0.3 is 6.09 Å². The average Bonchev–Trinajstić information content (AvgIpc) is 3.21. The number of hydrogen-bond acceptors (Lipinski definition) is 5. The molecule has 2 N–H and O–H groups in total. The van der Waals surface area contributed by atoms with Gasteiger partial charge < -0.3 is 24.5 Å². The number of carbonyl (C=O) groups is 1. The van der Waals surface area contributed by atoms with Crippen LogP contribution < -0.4 is 19.5 Å². The fourth-order valence-electron chi connectivity index (χ4n) is 3.38. The van der Waals surface area contributed by atoms with Gasteiger partial charge in [-0.15, -0.1) is 0 Å². The number of aromatic amines is 1. The van der Waals surface area contributed by atoms with Gasteiger partial charge in [0, 0.05) is 12.6 Å². The van der Waals surface area contributed by atoms with Crippen molar-refractivity contribution in [3.8, 4) is 28.6 Å². The van der Waals surface area contributed by atoms with E-state index in [0.29, 0.717) is 62.7 Å². The Morgan fingerprint density at radius 1 is 1.00 bits per heavy atom. The Morgan fingerprint density at radius 2 is 1.76 bits per heavy atom. The van der Waals surface area contributed by atoms with E-state index in [-0.39, 0.29) is 0 Å². The summed E-state index contributed by atoms with van der Waals surface area (Å²) in [6.45, 7) is 0.399. The van der Waals surface area contributed by atoms with Crippen molar-refractivity contribution in [1.82, 2.24) is 15.3 Å². The summed E-state index contributed by atoms with van der Waals surface area (Å²) in [6, 6.07) is 16.0. The number of methoxy groups -OCH3 is 2. The molecule has 33 heavy (non-hydrogen) atoms. The van der Waals surface area contributed by atoms with Gasteiger partial charge in [-0.25, -0.2) is 9.78 Å². The van der Waals surface area contributed by atoms with Crippen molar-refractivity contribution in [2.45, 2.75) is 6.42 Å². The number of nitrogens with one attached hydrogen (secondary N) is 2. The lowest BCUT2D eigenvalue weighted by atomic mass is 10.1. The third-order valence-corrected chi connectivity index (χ3v) is 5.62. The zero-order valence-electron chi connectivity index (χ0n) is 17.9. The third-order valence-electron chi connectivity index (χ3n) is 4.99. The van der Waals surface area contributed by atoms with E-state index in [0.717, 1.165) is 5.56 Å². The van der Waals surface area contributed by atoms with Crippen LogP contribution in [0.15, 0.2) is 54.6 Å². The molecule has 9 heteroatoms. The van der Waals surface area contributed by atoms with E-state index in [1.165, 1.54) is 0 Å². The van der Waals surface area contributed by atoms with Gasteiger partial charge in [-0.1, -0.05) is 35.3 Å². The topological polar surface area (TPSA) is 85.5 Å². The first-order valence-corrected chi connectivity index (χ1v) is 10.8. The van der Waals surface area contributed by atoms with Crippen LogP contribution in [0.25, 0.3) is 22.4 Å². The molecule has 0 unspecified atom stereocenters. The van der Waals surface area contributed by atoms with E-state index in [4.69, 9.17) is 37.4 Å². The van der Waals surface area contributed by atoms with Crippen molar-refractivity contribution in [2.24, 2.45) is 0 Å². The fourth-order valence-corrected chi connectivity index (χ4v) is 3.96. The van der Waals surface area contributed by atoms with Crippen molar-refractivity contribution in [1.29, 1.82) is 0 Å². The Morgan fingerprint density at radius 3 is 2.48 bits per heavy atom. The van der Waals surface area contributed by atoms with Crippen molar-refractivity contribution in [2.75, 3.05) is 20.8 Å². The summed E-state index contributed by atoms with van der Waals surface area (Å²) >= 11 is 12.6. The number of nitrogens with zero attached hydrogens (tertiary/aromatic N) is 1. The maximum absolute atomic E-state index is 12.2. The summed E-state index contributed by atoms with van der Waals surface area (Å²) in [4.78, 5) is 20.0. The zero-order valence-corrected chi connectivity index (χ0v) is 19.5. The standard InChI is InChI=1S/C24H21Cl2N3O4/c1-31-20-9-6-14(12-21(20)32-2)10-11-27-24(30)33-15-7-8-18-19(13-15)29-23(28-18)22-16(25)4-3-5-17(22)26/h3-9,12-13H,10-11H2,1-2H3,(H,27,30)(H,28,29). The van der Waals surface area contributed by atoms with E-state index < -0.39 is 6.09 Å². The number of amides is 1. The number of carbonyl (C=O) groups excluding carboxylic acids is 1. The predicted octanol–water partition coefficient (Wildman–Crippen LogP) is 5.89. The molecule has 1 aromatic heterocycles. The minimum Gasteiger partial charge on any atom is -0.493 e. The van der Waals surface area contributed by atoms with Crippen LogP contribution in [0.1, 0.15) is 5.56 Å². The van der Waals surface area contributed by atoms with Crippen molar-refractivity contribution in [3.63, 3.8) is 0 Å². The van der Waals surface area contributed by atoms with E-state index in [1.807, 2.05) is 18.2 Å². The molecule has 4 aromatic rings.